The van der Waals surface area contributed by atoms with Crippen LogP contribution in [0, 0.1) is 0 Å². The highest BCUT2D eigenvalue weighted by Crippen LogP contribution is 2.27. The second-order valence-corrected chi connectivity index (χ2v) is 6.85. The Morgan fingerprint density at radius 1 is 1.55 bits per heavy atom. The minimum Gasteiger partial charge on any atom is -0.350 e. The maximum atomic E-state index is 12.3. The van der Waals surface area contributed by atoms with Gasteiger partial charge in [0.2, 0.25) is 5.91 Å². The normalized spacial score (nSPS) is 18.2. The molecule has 2 N–H and O–H groups in total. The molecule has 5 nitrogen and oxygen atoms in total. The predicted octanol–water partition coefficient (Wildman–Crippen LogP) is 2.36. The molecule has 0 spiro atoms. The molecule has 6 heteroatoms. The fourth-order valence-corrected chi connectivity index (χ4v) is 3.65. The summed E-state index contributed by atoms with van der Waals surface area (Å²) in [6.07, 6.45) is 6.07. The molecule has 1 aliphatic rings. The van der Waals surface area contributed by atoms with E-state index in [1.165, 1.54) is 10.4 Å². The van der Waals surface area contributed by atoms with Crippen LogP contribution in [-0.2, 0) is 11.3 Å². The number of hydrogen-bond donors (Lipinski definition) is 2. The van der Waals surface area contributed by atoms with E-state index >= 15 is 0 Å². The van der Waals surface area contributed by atoms with Gasteiger partial charge in [0, 0.05) is 11.1 Å². The molecule has 1 fully saturated rings. The maximum absolute atomic E-state index is 12.3. The number of aromatic amines is 1. The zero-order valence-electron chi connectivity index (χ0n) is 12.8. The summed E-state index contributed by atoms with van der Waals surface area (Å²) < 4.78 is 0. The molecule has 1 atom stereocenters. The summed E-state index contributed by atoms with van der Waals surface area (Å²) in [5, 5.41) is 12.0. The van der Waals surface area contributed by atoms with Gasteiger partial charge in [-0.25, -0.2) is 0 Å². The van der Waals surface area contributed by atoms with Crippen LogP contribution >= 0.6 is 11.3 Å². The standard InChI is InChI=1S/C16H22N4OS/c1-12(16(21)17-11-15-3-2-8-22-15)20-6-4-13(5-7-20)14-9-18-19-10-14/h2-3,8-10,12-13H,4-7,11H2,1H3,(H,17,21)(H,18,19). The Balaban J connectivity index is 1.46. The Morgan fingerprint density at radius 3 is 3.00 bits per heavy atom. The van der Waals surface area contributed by atoms with Crippen LogP contribution in [-0.4, -0.2) is 40.1 Å². The highest BCUT2D eigenvalue weighted by atomic mass is 32.1. The van der Waals surface area contributed by atoms with Gasteiger partial charge in [-0.15, -0.1) is 11.3 Å². The average molecular weight is 318 g/mol. The van der Waals surface area contributed by atoms with E-state index in [2.05, 4.69) is 20.4 Å². The third kappa shape index (κ3) is 3.56. The average Bonchev–Trinajstić information content (AvgIpc) is 3.25. The molecule has 0 radical (unpaired) electrons. The van der Waals surface area contributed by atoms with Crippen LogP contribution in [0.2, 0.25) is 0 Å². The van der Waals surface area contributed by atoms with Crippen molar-refractivity contribution in [3.05, 3.63) is 40.3 Å². The second kappa shape index (κ2) is 7.07. The summed E-state index contributed by atoms with van der Waals surface area (Å²) in [4.78, 5) is 15.8. The third-order valence-corrected chi connectivity index (χ3v) is 5.34. The minimum atomic E-state index is -0.0646. The van der Waals surface area contributed by atoms with Gasteiger partial charge in [0.25, 0.3) is 0 Å². The van der Waals surface area contributed by atoms with Crippen LogP contribution in [0.3, 0.4) is 0 Å². The summed E-state index contributed by atoms with van der Waals surface area (Å²) in [7, 11) is 0. The molecule has 1 saturated heterocycles. The predicted molar refractivity (Wildman–Crippen MR) is 87.8 cm³/mol. The van der Waals surface area contributed by atoms with Gasteiger partial charge in [-0.3, -0.25) is 14.8 Å². The molecule has 1 amide bonds. The van der Waals surface area contributed by atoms with E-state index < -0.39 is 0 Å². The second-order valence-electron chi connectivity index (χ2n) is 5.82. The molecule has 0 bridgehead atoms. The number of piperidine rings is 1. The number of carbonyl (C=O) groups excluding carboxylic acids is 1. The van der Waals surface area contributed by atoms with Gasteiger partial charge in [-0.2, -0.15) is 5.10 Å². The Bertz CT molecular complexity index is 573. The lowest BCUT2D eigenvalue weighted by atomic mass is 9.91. The van der Waals surface area contributed by atoms with Crippen molar-refractivity contribution in [3.8, 4) is 0 Å². The van der Waals surface area contributed by atoms with E-state index in [-0.39, 0.29) is 11.9 Å². The van der Waals surface area contributed by atoms with Crippen LogP contribution in [0.5, 0.6) is 0 Å². The molecule has 2 aromatic rings. The van der Waals surface area contributed by atoms with Gasteiger partial charge < -0.3 is 5.32 Å². The first-order valence-electron chi connectivity index (χ1n) is 7.77. The fraction of sp³-hybridized carbons (Fsp3) is 0.500. The molecular weight excluding hydrogens is 296 g/mol. The highest BCUT2D eigenvalue weighted by molar-refractivity contribution is 7.09. The van der Waals surface area contributed by atoms with Gasteiger partial charge in [0.1, 0.15) is 0 Å². The van der Waals surface area contributed by atoms with E-state index in [1.807, 2.05) is 36.8 Å². The summed E-state index contributed by atoms with van der Waals surface area (Å²) in [6, 6.07) is 3.99. The van der Waals surface area contributed by atoms with Crippen LogP contribution in [0.25, 0.3) is 0 Å². The van der Waals surface area contributed by atoms with Crippen molar-refractivity contribution in [3.63, 3.8) is 0 Å². The zero-order valence-corrected chi connectivity index (χ0v) is 13.6. The number of thiophene rings is 1. The summed E-state index contributed by atoms with van der Waals surface area (Å²) in [5.74, 6) is 0.687. The van der Waals surface area contributed by atoms with E-state index in [0.717, 1.165) is 25.9 Å². The van der Waals surface area contributed by atoms with Gasteiger partial charge in [0.15, 0.2) is 0 Å². The van der Waals surface area contributed by atoms with Crippen LogP contribution in [0.1, 0.15) is 36.1 Å². The van der Waals surface area contributed by atoms with E-state index in [0.29, 0.717) is 12.5 Å². The lowest BCUT2D eigenvalue weighted by Gasteiger charge is -2.35. The smallest absolute Gasteiger partial charge is 0.237 e. The lowest BCUT2D eigenvalue weighted by molar-refractivity contribution is -0.126. The first kappa shape index (κ1) is 15.2. The fourth-order valence-electron chi connectivity index (χ4n) is 3.01. The Labute approximate surface area is 134 Å². The molecular formula is C16H22N4OS. The van der Waals surface area contributed by atoms with Crippen molar-refractivity contribution in [2.45, 2.75) is 38.3 Å². The number of amides is 1. The topological polar surface area (TPSA) is 61.0 Å². The van der Waals surface area contributed by atoms with Gasteiger partial charge in [-0.1, -0.05) is 6.07 Å². The Kier molecular flexibility index (Phi) is 4.90. The van der Waals surface area contributed by atoms with Crippen LogP contribution in [0.15, 0.2) is 29.9 Å². The molecule has 1 unspecified atom stereocenters. The largest absolute Gasteiger partial charge is 0.350 e. The molecule has 22 heavy (non-hydrogen) atoms. The first-order chi connectivity index (χ1) is 10.7. The SMILES string of the molecule is CC(C(=O)NCc1cccs1)N1CCC(c2cn[nH]c2)CC1. The molecule has 3 rings (SSSR count). The molecule has 1 aliphatic heterocycles. The summed E-state index contributed by atoms with van der Waals surface area (Å²) in [6.45, 7) is 4.56. The van der Waals surface area contributed by atoms with Crippen LogP contribution in [0.4, 0.5) is 0 Å². The number of likely N-dealkylation sites (tertiary alicyclic amines) is 1. The first-order valence-corrected chi connectivity index (χ1v) is 8.65. The molecule has 2 aromatic heterocycles. The van der Waals surface area contributed by atoms with Gasteiger partial charge in [-0.05, 0) is 55.8 Å². The summed E-state index contributed by atoms with van der Waals surface area (Å²) in [5.41, 5.74) is 1.29. The number of nitrogens with one attached hydrogen (secondary N) is 2. The Morgan fingerprint density at radius 2 is 2.36 bits per heavy atom. The van der Waals surface area contributed by atoms with Gasteiger partial charge >= 0.3 is 0 Å². The van der Waals surface area contributed by atoms with E-state index in [4.69, 9.17) is 0 Å². The van der Waals surface area contributed by atoms with E-state index in [1.54, 1.807) is 11.3 Å². The summed E-state index contributed by atoms with van der Waals surface area (Å²) >= 11 is 1.67. The molecule has 118 valence electrons. The minimum absolute atomic E-state index is 0.0646. The van der Waals surface area contributed by atoms with Crippen molar-refractivity contribution in [1.82, 2.24) is 20.4 Å². The molecule has 0 aliphatic carbocycles. The lowest BCUT2D eigenvalue weighted by Crippen LogP contribution is -2.47. The molecule has 0 aromatic carbocycles. The number of carbonyl (C=O) groups is 1. The van der Waals surface area contributed by atoms with E-state index in [9.17, 15) is 4.79 Å². The third-order valence-electron chi connectivity index (χ3n) is 4.46. The number of aromatic nitrogens is 2. The number of hydrogen-bond acceptors (Lipinski definition) is 4. The monoisotopic (exact) mass is 318 g/mol. The maximum Gasteiger partial charge on any atom is 0.237 e. The molecule has 3 heterocycles. The quantitative estimate of drug-likeness (QED) is 0.889. The van der Waals surface area contributed by atoms with Crippen molar-refractivity contribution in [2.24, 2.45) is 0 Å². The zero-order chi connectivity index (χ0) is 15.4. The van der Waals surface area contributed by atoms with Gasteiger partial charge in [0.05, 0.1) is 18.8 Å². The number of rotatable bonds is 5. The van der Waals surface area contributed by atoms with Crippen molar-refractivity contribution in [2.75, 3.05) is 13.1 Å². The number of H-pyrrole nitrogens is 1. The van der Waals surface area contributed by atoms with Crippen molar-refractivity contribution in [1.29, 1.82) is 0 Å². The highest BCUT2D eigenvalue weighted by Gasteiger charge is 2.27. The van der Waals surface area contributed by atoms with Crippen molar-refractivity contribution < 1.29 is 4.79 Å². The van der Waals surface area contributed by atoms with Crippen molar-refractivity contribution >= 4 is 17.2 Å². The van der Waals surface area contributed by atoms with Crippen LogP contribution < -0.4 is 5.32 Å². The number of nitrogens with zero attached hydrogens (tertiary/aromatic N) is 2. The Hall–Kier alpha value is -1.66. The molecule has 0 saturated carbocycles.